The van der Waals surface area contributed by atoms with Crippen molar-refractivity contribution in [1.82, 2.24) is 4.98 Å². The Hall–Kier alpha value is -1.58. The number of nitrogens with two attached hydrogens (primary N) is 1. The number of anilines is 1. The van der Waals surface area contributed by atoms with Crippen LogP contribution in [0, 0.1) is 11.8 Å². The summed E-state index contributed by atoms with van der Waals surface area (Å²) in [7, 11) is 0. The molecule has 0 saturated heterocycles. The number of amides is 1. The maximum absolute atomic E-state index is 11.0. The molecule has 4 heteroatoms. The molecule has 0 radical (unpaired) electrons. The largest absolute Gasteiger partial charge is 0.385 e. The van der Waals surface area contributed by atoms with Crippen molar-refractivity contribution in [3.05, 3.63) is 24.0 Å². The number of carbonyl (C=O) groups is 1. The molecule has 2 rings (SSSR count). The van der Waals surface area contributed by atoms with E-state index in [4.69, 9.17) is 5.73 Å². The zero-order chi connectivity index (χ0) is 13.7. The van der Waals surface area contributed by atoms with Crippen LogP contribution in [0.2, 0.25) is 0 Å². The molecule has 2 unspecified atom stereocenters. The van der Waals surface area contributed by atoms with E-state index in [2.05, 4.69) is 17.2 Å². The minimum atomic E-state index is -0.482. The Morgan fingerprint density at radius 3 is 3.11 bits per heavy atom. The summed E-state index contributed by atoms with van der Waals surface area (Å²) in [6, 6.07) is 3.59. The van der Waals surface area contributed by atoms with E-state index in [0.717, 1.165) is 24.1 Å². The molecule has 4 nitrogen and oxygen atoms in total. The molecule has 19 heavy (non-hydrogen) atoms. The van der Waals surface area contributed by atoms with E-state index < -0.39 is 5.91 Å². The lowest BCUT2D eigenvalue weighted by molar-refractivity contribution is 0.0995. The molecule has 0 aromatic carbocycles. The lowest BCUT2D eigenvalue weighted by atomic mass is 9.81. The van der Waals surface area contributed by atoms with Gasteiger partial charge in [-0.25, -0.2) is 0 Å². The van der Waals surface area contributed by atoms with Crippen LogP contribution in [-0.2, 0) is 0 Å². The van der Waals surface area contributed by atoms with E-state index in [-0.39, 0.29) is 0 Å². The van der Waals surface area contributed by atoms with E-state index >= 15 is 0 Å². The Morgan fingerprint density at radius 2 is 2.37 bits per heavy atom. The lowest BCUT2D eigenvalue weighted by Gasteiger charge is -2.26. The van der Waals surface area contributed by atoms with Gasteiger partial charge in [-0.15, -0.1) is 0 Å². The average Bonchev–Trinajstić information content (AvgIpc) is 2.39. The van der Waals surface area contributed by atoms with Crippen LogP contribution in [-0.4, -0.2) is 17.4 Å². The summed E-state index contributed by atoms with van der Waals surface area (Å²) in [5.74, 6) is 1.24. The van der Waals surface area contributed by atoms with E-state index in [1.807, 2.05) is 6.07 Å². The predicted molar refractivity (Wildman–Crippen MR) is 77.0 cm³/mol. The number of hydrogen-bond donors (Lipinski definition) is 2. The van der Waals surface area contributed by atoms with E-state index in [1.54, 1.807) is 12.3 Å². The molecule has 1 saturated carbocycles. The Morgan fingerprint density at radius 1 is 1.53 bits per heavy atom. The highest BCUT2D eigenvalue weighted by molar-refractivity contribution is 5.91. The normalized spacial score (nSPS) is 23.0. The van der Waals surface area contributed by atoms with Gasteiger partial charge in [0.15, 0.2) is 0 Å². The van der Waals surface area contributed by atoms with Gasteiger partial charge >= 0.3 is 0 Å². The van der Waals surface area contributed by atoms with Crippen LogP contribution in [0.4, 0.5) is 5.69 Å². The number of nitrogens with one attached hydrogen (secondary N) is 1. The number of rotatable bonds is 5. The van der Waals surface area contributed by atoms with Gasteiger partial charge in [-0.2, -0.15) is 0 Å². The Balaban J connectivity index is 1.79. The fraction of sp³-hybridized carbons (Fsp3) is 0.600. The third kappa shape index (κ3) is 4.23. The maximum Gasteiger partial charge on any atom is 0.267 e. The van der Waals surface area contributed by atoms with E-state index in [1.165, 1.54) is 32.1 Å². The van der Waals surface area contributed by atoms with Crippen LogP contribution in [0.25, 0.3) is 0 Å². The van der Waals surface area contributed by atoms with Crippen LogP contribution < -0.4 is 11.1 Å². The number of nitrogens with zero attached hydrogens (tertiary/aromatic N) is 1. The van der Waals surface area contributed by atoms with Gasteiger partial charge in [0, 0.05) is 18.4 Å². The summed E-state index contributed by atoms with van der Waals surface area (Å²) in [5.41, 5.74) is 6.45. The predicted octanol–water partition coefficient (Wildman–Crippen LogP) is 2.81. The molecule has 104 valence electrons. The third-order valence-electron chi connectivity index (χ3n) is 3.94. The first kappa shape index (κ1) is 13.8. The second-order valence-electron chi connectivity index (χ2n) is 5.65. The van der Waals surface area contributed by atoms with Gasteiger partial charge in [0.1, 0.15) is 5.69 Å². The van der Waals surface area contributed by atoms with Gasteiger partial charge in [-0.1, -0.05) is 26.2 Å². The number of carbonyl (C=O) groups excluding carboxylic acids is 1. The molecule has 1 aromatic rings. The van der Waals surface area contributed by atoms with Gasteiger partial charge in [-0.05, 0) is 36.8 Å². The third-order valence-corrected chi connectivity index (χ3v) is 3.94. The topological polar surface area (TPSA) is 68.0 Å². The Labute approximate surface area is 114 Å². The van der Waals surface area contributed by atoms with Crippen molar-refractivity contribution < 1.29 is 4.79 Å². The molecule has 0 bridgehead atoms. The van der Waals surface area contributed by atoms with Crippen LogP contribution in [0.5, 0.6) is 0 Å². The second-order valence-corrected chi connectivity index (χ2v) is 5.65. The summed E-state index contributed by atoms with van der Waals surface area (Å²) in [5, 5.41) is 3.35. The van der Waals surface area contributed by atoms with Crippen molar-refractivity contribution in [3.63, 3.8) is 0 Å². The van der Waals surface area contributed by atoms with Gasteiger partial charge < -0.3 is 11.1 Å². The van der Waals surface area contributed by atoms with Crippen molar-refractivity contribution in [2.75, 3.05) is 11.9 Å². The fourth-order valence-electron chi connectivity index (χ4n) is 2.92. The summed E-state index contributed by atoms with van der Waals surface area (Å²) >= 11 is 0. The summed E-state index contributed by atoms with van der Waals surface area (Å²) in [6.07, 6.45) is 8.27. The molecule has 0 aliphatic heterocycles. The molecule has 1 aliphatic rings. The van der Waals surface area contributed by atoms with Crippen molar-refractivity contribution in [1.29, 1.82) is 0 Å². The standard InChI is InChI=1S/C15H23N3O/c1-11-3-2-4-12(9-11)5-7-17-13-6-8-18-14(10-13)15(16)19/h6,8,10-12H,2-5,7,9H2,1H3,(H2,16,19)(H,17,18). The zero-order valence-electron chi connectivity index (χ0n) is 11.6. The Bertz CT molecular complexity index is 433. The minimum absolute atomic E-state index is 0.316. The fourth-order valence-corrected chi connectivity index (χ4v) is 2.92. The van der Waals surface area contributed by atoms with Crippen LogP contribution in [0.1, 0.15) is 49.5 Å². The highest BCUT2D eigenvalue weighted by atomic mass is 16.1. The van der Waals surface area contributed by atoms with Crippen LogP contribution in [0.15, 0.2) is 18.3 Å². The second kappa shape index (κ2) is 6.55. The SMILES string of the molecule is CC1CCCC(CCNc2ccnc(C(N)=O)c2)C1. The first-order valence-electron chi connectivity index (χ1n) is 7.15. The van der Waals surface area contributed by atoms with E-state index in [0.29, 0.717) is 5.69 Å². The lowest BCUT2D eigenvalue weighted by Crippen LogP contribution is -2.17. The summed E-state index contributed by atoms with van der Waals surface area (Å²) < 4.78 is 0. The summed E-state index contributed by atoms with van der Waals surface area (Å²) in [6.45, 7) is 3.29. The van der Waals surface area contributed by atoms with Gasteiger partial charge in [0.25, 0.3) is 5.91 Å². The van der Waals surface area contributed by atoms with Crippen LogP contribution >= 0.6 is 0 Å². The molecule has 1 amide bonds. The minimum Gasteiger partial charge on any atom is -0.385 e. The van der Waals surface area contributed by atoms with Crippen molar-refractivity contribution in [3.8, 4) is 0 Å². The first-order valence-corrected chi connectivity index (χ1v) is 7.15. The van der Waals surface area contributed by atoms with Crippen molar-refractivity contribution in [2.45, 2.75) is 39.0 Å². The molecule has 1 aromatic heterocycles. The summed E-state index contributed by atoms with van der Waals surface area (Å²) in [4.78, 5) is 15.0. The van der Waals surface area contributed by atoms with Gasteiger partial charge in [0.2, 0.25) is 0 Å². The number of aromatic nitrogens is 1. The number of hydrogen-bond acceptors (Lipinski definition) is 3. The Kier molecular flexibility index (Phi) is 4.77. The molecule has 1 heterocycles. The smallest absolute Gasteiger partial charge is 0.267 e. The van der Waals surface area contributed by atoms with Gasteiger partial charge in [-0.3, -0.25) is 9.78 Å². The highest BCUT2D eigenvalue weighted by Crippen LogP contribution is 2.30. The molecule has 1 aliphatic carbocycles. The number of primary amides is 1. The quantitative estimate of drug-likeness (QED) is 0.856. The first-order chi connectivity index (χ1) is 9.15. The number of pyridine rings is 1. The maximum atomic E-state index is 11.0. The van der Waals surface area contributed by atoms with Crippen molar-refractivity contribution in [2.24, 2.45) is 17.6 Å². The van der Waals surface area contributed by atoms with Crippen LogP contribution in [0.3, 0.4) is 0 Å². The molecular formula is C15H23N3O. The molecule has 1 fully saturated rings. The molecule has 3 N–H and O–H groups in total. The molecule has 2 atom stereocenters. The zero-order valence-corrected chi connectivity index (χ0v) is 11.6. The average molecular weight is 261 g/mol. The van der Waals surface area contributed by atoms with Crippen molar-refractivity contribution >= 4 is 11.6 Å². The highest BCUT2D eigenvalue weighted by Gasteiger charge is 2.18. The molecule has 0 spiro atoms. The monoisotopic (exact) mass is 261 g/mol. The molecular weight excluding hydrogens is 238 g/mol. The van der Waals surface area contributed by atoms with E-state index in [9.17, 15) is 4.79 Å². The van der Waals surface area contributed by atoms with Gasteiger partial charge in [0.05, 0.1) is 0 Å².